The average Bonchev–Trinajstić information content (AvgIpc) is 1.73. The second kappa shape index (κ2) is 38.2. The third kappa shape index (κ3) is 25.7. The molecule has 4 aliphatic heterocycles. The number of unbranched alkanes of at least 4 members (excludes halogenated alkanes) is 7. The van der Waals surface area contributed by atoms with Gasteiger partial charge in [-0.3, -0.25) is 18.6 Å². The van der Waals surface area contributed by atoms with E-state index >= 15 is 17.6 Å². The lowest BCUT2D eigenvalue weighted by Crippen LogP contribution is -2.56. The molecule has 4 heterocycles. The third-order valence-corrected chi connectivity index (χ3v) is 17.1. The number of Topliss-reactive ketones (excluding diaryl/α,β-unsaturated/α-hetero) is 1. The van der Waals surface area contributed by atoms with Crippen LogP contribution in [0.3, 0.4) is 0 Å². The van der Waals surface area contributed by atoms with Crippen molar-refractivity contribution in [1.29, 1.82) is 0 Å². The topological polar surface area (TPSA) is 236 Å². The maximum Gasteiger partial charge on any atom is 0.439 e. The Bertz CT molecular complexity index is 2530. The van der Waals surface area contributed by atoms with Crippen molar-refractivity contribution in [1.82, 2.24) is 10.6 Å². The zero-order chi connectivity index (χ0) is 68.4. The zero-order valence-corrected chi connectivity index (χ0v) is 55.2. The molecule has 0 bridgehead atoms. The summed E-state index contributed by atoms with van der Waals surface area (Å²) in [5, 5.41) is -0.831. The summed E-state index contributed by atoms with van der Waals surface area (Å²) in [6.45, 7) is 17.8. The number of allylic oxidation sites excluding steroid dienone is 5. The van der Waals surface area contributed by atoms with Crippen LogP contribution in [0.1, 0.15) is 167 Å². The summed E-state index contributed by atoms with van der Waals surface area (Å²) in [5.41, 5.74) is 2.83. The minimum Gasteiger partial charge on any atom is -0.487 e. The number of ether oxygens (including phenoxy) is 12. The molecule has 5 rings (SSSR count). The molecule has 4 N–H and O–H groups in total. The van der Waals surface area contributed by atoms with Crippen LogP contribution in [0.15, 0.2) is 54.2 Å². The van der Waals surface area contributed by atoms with Gasteiger partial charge in [-0.05, 0) is 129 Å². The first-order valence-electron chi connectivity index (χ1n) is 32.2. The Morgan fingerprint density at radius 2 is 1.29 bits per heavy atom. The van der Waals surface area contributed by atoms with Crippen molar-refractivity contribution in [2.24, 2.45) is 5.92 Å². The summed E-state index contributed by atoms with van der Waals surface area (Å²) >= 11 is 0. The molecule has 93 heavy (non-hydrogen) atoms. The Hall–Kier alpha value is -4.08. The van der Waals surface area contributed by atoms with Gasteiger partial charge >= 0.3 is 23.4 Å². The van der Waals surface area contributed by atoms with Gasteiger partial charge in [0.25, 0.3) is 5.91 Å². The molecule has 2 amide bonds. The van der Waals surface area contributed by atoms with Crippen LogP contribution in [0.2, 0.25) is 0 Å². The number of hydrogen-bond donors (Lipinski definition) is 4. The highest BCUT2D eigenvalue weighted by Crippen LogP contribution is 2.65. The highest BCUT2D eigenvalue weighted by atomic mass is 32.3. The molecule has 0 aliphatic carbocycles. The number of alkyl halides is 8. The van der Waals surface area contributed by atoms with Gasteiger partial charge in [0.15, 0.2) is 40.2 Å². The van der Waals surface area contributed by atoms with E-state index in [1.165, 1.54) is 38.8 Å². The molecule has 0 radical (unpaired) electrons. The molecule has 3 unspecified atom stereocenters. The Balaban J connectivity index is 1.06. The lowest BCUT2D eigenvalue weighted by molar-refractivity contribution is -0.457. The van der Waals surface area contributed by atoms with Crippen LogP contribution in [0.5, 0.6) is 11.5 Å². The number of carbonyl (C=O) groups excluding carboxylic acids is 3. The maximum atomic E-state index is 15.4. The van der Waals surface area contributed by atoms with Crippen LogP contribution >= 0.6 is 10.9 Å². The normalized spacial score (nSPS) is 22.9. The minimum absolute atomic E-state index is 0.0600. The quantitative estimate of drug-likeness (QED) is 0.0278. The van der Waals surface area contributed by atoms with Crippen LogP contribution in [-0.2, 0) is 61.1 Å². The fourth-order valence-corrected chi connectivity index (χ4v) is 11.5. The molecule has 20 nitrogen and oxygen atoms in total. The minimum atomic E-state index is -6.68. The summed E-state index contributed by atoms with van der Waals surface area (Å²) in [7, 11) is -6.55. The molecule has 0 spiro atoms. The van der Waals surface area contributed by atoms with Crippen molar-refractivity contribution in [2.75, 3.05) is 85.8 Å². The molecular formula is C64H98F8N2O18S. The van der Waals surface area contributed by atoms with Gasteiger partial charge in [-0.1, -0.05) is 56.1 Å². The Kier molecular flexibility index (Phi) is 32.7. The van der Waals surface area contributed by atoms with Gasteiger partial charge in [0.05, 0.1) is 59.5 Å². The predicted molar refractivity (Wildman–Crippen MR) is 328 cm³/mol. The van der Waals surface area contributed by atoms with Crippen molar-refractivity contribution >= 4 is 28.5 Å². The van der Waals surface area contributed by atoms with Crippen molar-refractivity contribution in [3.05, 3.63) is 59.7 Å². The van der Waals surface area contributed by atoms with E-state index in [0.29, 0.717) is 115 Å². The van der Waals surface area contributed by atoms with Gasteiger partial charge < -0.3 is 71.8 Å². The van der Waals surface area contributed by atoms with Gasteiger partial charge in [-0.25, -0.2) is 4.74 Å². The summed E-state index contributed by atoms with van der Waals surface area (Å²) in [4.78, 5) is 37.9. The van der Waals surface area contributed by atoms with Crippen molar-refractivity contribution < 1.29 is 120 Å². The number of amides is 2. The van der Waals surface area contributed by atoms with E-state index in [1.807, 2.05) is 13.0 Å². The van der Waals surface area contributed by atoms with E-state index in [9.17, 15) is 41.1 Å². The van der Waals surface area contributed by atoms with Crippen LogP contribution < -0.4 is 20.1 Å². The van der Waals surface area contributed by atoms with Crippen LogP contribution in [0.4, 0.5) is 35.1 Å². The molecule has 4 aliphatic rings. The molecule has 3 saturated heterocycles. The number of fused-ring (bicyclic) bond motifs is 2. The number of carbonyl (C=O) groups is 3. The first kappa shape index (κ1) is 79.6. The average molecular weight is 1370 g/mol. The molecule has 29 heteroatoms. The SMILES string of the molecule is C=CC(CCCCCC(=O)CC)/C(=C/CCCCNC(=O)CCCCC(F)(F)C(F)(F)OC(F)(F)C(F)(F)S(O)(O)OC1[C@@H](C2COC(C)(C)O2)O[C@@H]2OC(C)(C)O[C@@H]12)C/C(=C/CCCCNC(=O)c1ccc2c(c1)OCCOCCOCCOCCOCCO2)CC. The maximum absolute atomic E-state index is 15.4. The molecule has 3 fully saturated rings. The Labute approximate surface area is 542 Å². The number of benzene rings is 1. The van der Waals surface area contributed by atoms with Gasteiger partial charge in [0.1, 0.15) is 43.4 Å². The highest BCUT2D eigenvalue weighted by molar-refractivity contribution is 8.21. The van der Waals surface area contributed by atoms with Crippen LogP contribution in [-0.4, -0.2) is 178 Å². The predicted octanol–water partition coefficient (Wildman–Crippen LogP) is 13.2. The molecule has 1 aromatic rings. The highest BCUT2D eigenvalue weighted by Gasteiger charge is 2.76. The first-order valence-corrected chi connectivity index (χ1v) is 33.7. The zero-order valence-electron chi connectivity index (χ0n) is 54.4. The van der Waals surface area contributed by atoms with Gasteiger partial charge in [0, 0.05) is 44.3 Å². The molecule has 1 aromatic carbocycles. The number of ketones is 1. The summed E-state index contributed by atoms with van der Waals surface area (Å²) < 4.78 is 211. The second-order valence-corrected chi connectivity index (χ2v) is 25.7. The number of halogens is 8. The monoisotopic (exact) mass is 1370 g/mol. The van der Waals surface area contributed by atoms with E-state index < -0.39 is 108 Å². The second-order valence-electron chi connectivity index (χ2n) is 24.0. The number of rotatable bonds is 36. The van der Waals surface area contributed by atoms with Crippen LogP contribution in [0.25, 0.3) is 0 Å². The van der Waals surface area contributed by atoms with Crippen molar-refractivity contribution in [2.45, 2.75) is 223 Å². The summed E-state index contributed by atoms with van der Waals surface area (Å²) in [6.07, 6.45) is -8.11. The smallest absolute Gasteiger partial charge is 0.439 e. The molecule has 534 valence electrons. The van der Waals surface area contributed by atoms with Gasteiger partial charge in [-0.2, -0.15) is 35.1 Å². The van der Waals surface area contributed by atoms with Gasteiger partial charge in [-0.15, -0.1) is 6.58 Å². The van der Waals surface area contributed by atoms with E-state index in [-0.39, 0.29) is 44.0 Å². The van der Waals surface area contributed by atoms with E-state index in [2.05, 4.69) is 41.0 Å². The lowest BCUT2D eigenvalue weighted by atomic mass is 9.86. The molecular weight excluding hydrogens is 1270 g/mol. The van der Waals surface area contributed by atoms with E-state index in [0.717, 1.165) is 51.4 Å². The van der Waals surface area contributed by atoms with Gasteiger partial charge in [0.2, 0.25) is 5.91 Å². The lowest BCUT2D eigenvalue weighted by Gasteiger charge is -2.41. The Morgan fingerprint density at radius 1 is 0.688 bits per heavy atom. The van der Waals surface area contributed by atoms with Crippen LogP contribution in [0, 0.1) is 5.92 Å². The fourth-order valence-electron chi connectivity index (χ4n) is 10.5. The summed E-state index contributed by atoms with van der Waals surface area (Å²) in [5.74, 6) is -7.97. The Morgan fingerprint density at radius 3 is 1.89 bits per heavy atom. The molecule has 0 saturated carbocycles. The first-order chi connectivity index (χ1) is 44.0. The molecule has 6 atom stereocenters. The number of nitrogens with one attached hydrogen (secondary N) is 2. The van der Waals surface area contributed by atoms with E-state index in [4.69, 9.17) is 56.3 Å². The van der Waals surface area contributed by atoms with Crippen molar-refractivity contribution in [3.63, 3.8) is 0 Å². The summed E-state index contributed by atoms with van der Waals surface area (Å²) in [6, 6.07) is 5.02. The largest absolute Gasteiger partial charge is 0.487 e. The van der Waals surface area contributed by atoms with Crippen molar-refractivity contribution in [3.8, 4) is 11.5 Å². The number of hydrogen-bond acceptors (Lipinski definition) is 18. The third-order valence-electron chi connectivity index (χ3n) is 15.7. The fraction of sp³-hybridized carbons (Fsp3) is 0.766. The van der Waals surface area contributed by atoms with E-state index in [1.54, 1.807) is 18.2 Å². The molecule has 0 aromatic heterocycles. The standard InChI is InChI=1S/C64H98F8N2O18S/c1-8-45(22-14-12-21-31-74-57(77)48-27-28-50-51(43-48)85-41-39-83-37-35-81-33-32-80-34-36-82-38-40-84-50)42-47(46(9-2)23-15-11-17-25-49(75)10-3)24-16-13-20-30-73-53(76)26-18-19-29-61(65,66)62(67,68)92-63(69,70)64(71,72)93(78,79)91-55-54(52-44-86-59(4,5)88-52)87-58-56(55)89-60(6,7)90-58/h9,22,24,27-28,43,46,52,54-56,58,78-79H,2,8,10-21,23,25-26,29-42,44H2,1,3-7H3,(H,73,76)(H,74,77)/b45-22+,47-24+/t46?,52?,54-,55?,56+,58-/m1/s1.